The lowest BCUT2D eigenvalue weighted by atomic mass is 10.1. The molecule has 0 atom stereocenters. The van der Waals surface area contributed by atoms with Crippen LogP contribution in [0.1, 0.15) is 18.9 Å². The predicted octanol–water partition coefficient (Wildman–Crippen LogP) is 2.99. The van der Waals surface area contributed by atoms with Crippen LogP contribution in [0.4, 0.5) is 4.39 Å². The smallest absolute Gasteiger partial charge is 0.273 e. The summed E-state index contributed by atoms with van der Waals surface area (Å²) in [4.78, 5) is 16.7. The van der Waals surface area contributed by atoms with Crippen molar-refractivity contribution in [3.63, 3.8) is 0 Å². The Bertz CT molecular complexity index is 849. The average Bonchev–Trinajstić information content (AvgIpc) is 3.19. The van der Waals surface area contributed by atoms with Crippen molar-refractivity contribution in [2.45, 2.75) is 18.9 Å². The third-order valence-corrected chi connectivity index (χ3v) is 4.29. The molecule has 6 heteroatoms. The van der Waals surface area contributed by atoms with Crippen LogP contribution in [0.2, 0.25) is 0 Å². The summed E-state index contributed by atoms with van der Waals surface area (Å²) in [6.07, 6.45) is 3.68. The van der Waals surface area contributed by atoms with Gasteiger partial charge in [-0.25, -0.2) is 9.37 Å². The molecule has 0 spiro atoms. The van der Waals surface area contributed by atoms with E-state index in [4.69, 9.17) is 0 Å². The van der Waals surface area contributed by atoms with E-state index in [2.05, 4.69) is 9.36 Å². The number of nitrogens with zero attached hydrogens (tertiary/aromatic N) is 3. The molecule has 1 aliphatic rings. The molecule has 1 fully saturated rings. The number of hydrogen-bond donors (Lipinski definition) is 0. The molecule has 2 aromatic heterocycles. The standard InChI is InChI=1S/C14H10FN3OS/c15-9-3-1-8(2-4-9)11-12-13(20-17-11)14(19)18(7-16-12)10-5-6-10/h1-4,7,10H,5-6H2. The van der Waals surface area contributed by atoms with Gasteiger partial charge >= 0.3 is 0 Å². The van der Waals surface area contributed by atoms with Crippen LogP contribution >= 0.6 is 11.5 Å². The summed E-state index contributed by atoms with van der Waals surface area (Å²) in [5.74, 6) is -0.294. The Hall–Kier alpha value is -2.08. The molecule has 4 nitrogen and oxygen atoms in total. The molecule has 20 heavy (non-hydrogen) atoms. The second-order valence-corrected chi connectivity index (χ2v) is 5.68. The van der Waals surface area contributed by atoms with Crippen molar-refractivity contribution in [2.24, 2.45) is 0 Å². The second kappa shape index (κ2) is 4.21. The quantitative estimate of drug-likeness (QED) is 0.728. The molecule has 1 aliphatic carbocycles. The fourth-order valence-corrected chi connectivity index (χ4v) is 3.04. The molecule has 0 saturated heterocycles. The lowest BCUT2D eigenvalue weighted by Gasteiger charge is -2.02. The van der Waals surface area contributed by atoms with E-state index in [9.17, 15) is 9.18 Å². The summed E-state index contributed by atoms with van der Waals surface area (Å²) in [6.45, 7) is 0. The van der Waals surface area contributed by atoms with E-state index in [1.54, 1.807) is 23.0 Å². The van der Waals surface area contributed by atoms with E-state index < -0.39 is 0 Å². The van der Waals surface area contributed by atoms with Crippen molar-refractivity contribution in [3.8, 4) is 11.3 Å². The van der Waals surface area contributed by atoms with Crippen LogP contribution in [0, 0.1) is 5.82 Å². The molecule has 0 unspecified atom stereocenters. The number of rotatable bonds is 2. The first-order valence-corrected chi connectivity index (χ1v) is 7.14. The maximum atomic E-state index is 13.0. The molecule has 0 amide bonds. The first kappa shape index (κ1) is 11.7. The van der Waals surface area contributed by atoms with Gasteiger partial charge in [-0.15, -0.1) is 0 Å². The summed E-state index contributed by atoms with van der Waals surface area (Å²) in [6, 6.07) is 6.36. The van der Waals surface area contributed by atoms with Gasteiger partial charge in [0.1, 0.15) is 21.7 Å². The van der Waals surface area contributed by atoms with Crippen LogP contribution in [0.3, 0.4) is 0 Å². The first-order valence-electron chi connectivity index (χ1n) is 6.36. The van der Waals surface area contributed by atoms with Crippen molar-refractivity contribution in [3.05, 3.63) is 46.8 Å². The van der Waals surface area contributed by atoms with Crippen LogP contribution in [0.15, 0.2) is 35.4 Å². The lowest BCUT2D eigenvalue weighted by molar-refractivity contribution is 0.628. The lowest BCUT2D eigenvalue weighted by Crippen LogP contribution is -2.18. The normalized spacial score (nSPS) is 14.8. The maximum absolute atomic E-state index is 13.0. The maximum Gasteiger partial charge on any atom is 0.273 e. The Morgan fingerprint density at radius 2 is 2.00 bits per heavy atom. The summed E-state index contributed by atoms with van der Waals surface area (Å²) in [7, 11) is 0. The van der Waals surface area contributed by atoms with Crippen LogP contribution in [0.5, 0.6) is 0 Å². The average molecular weight is 287 g/mol. The Kier molecular flexibility index (Phi) is 2.47. The largest absolute Gasteiger partial charge is 0.295 e. The summed E-state index contributed by atoms with van der Waals surface area (Å²) >= 11 is 1.16. The van der Waals surface area contributed by atoms with Crippen molar-refractivity contribution in [1.82, 2.24) is 13.9 Å². The van der Waals surface area contributed by atoms with Crippen molar-refractivity contribution >= 4 is 21.7 Å². The van der Waals surface area contributed by atoms with E-state index in [1.807, 2.05) is 0 Å². The highest BCUT2D eigenvalue weighted by Gasteiger charge is 2.26. The van der Waals surface area contributed by atoms with Gasteiger partial charge in [0.25, 0.3) is 5.56 Å². The zero-order valence-electron chi connectivity index (χ0n) is 10.4. The van der Waals surface area contributed by atoms with E-state index in [-0.39, 0.29) is 11.4 Å². The third kappa shape index (κ3) is 1.76. The van der Waals surface area contributed by atoms with Crippen molar-refractivity contribution in [1.29, 1.82) is 0 Å². The minimum Gasteiger partial charge on any atom is -0.295 e. The molecule has 2 heterocycles. The Labute approximate surface area is 117 Å². The van der Waals surface area contributed by atoms with Gasteiger partial charge in [-0.1, -0.05) is 0 Å². The van der Waals surface area contributed by atoms with E-state index in [0.29, 0.717) is 22.0 Å². The number of hydrogen-bond acceptors (Lipinski definition) is 4. The van der Waals surface area contributed by atoms with Gasteiger partial charge in [0.2, 0.25) is 0 Å². The molecule has 0 N–H and O–H groups in total. The number of aromatic nitrogens is 3. The highest BCUT2D eigenvalue weighted by molar-refractivity contribution is 7.13. The second-order valence-electron chi connectivity index (χ2n) is 4.90. The minimum absolute atomic E-state index is 0.0247. The Morgan fingerprint density at radius 1 is 1.25 bits per heavy atom. The van der Waals surface area contributed by atoms with Crippen molar-refractivity contribution < 1.29 is 4.39 Å². The minimum atomic E-state index is -0.294. The highest BCUT2D eigenvalue weighted by Crippen LogP contribution is 2.34. The molecule has 3 aromatic rings. The van der Waals surface area contributed by atoms with E-state index >= 15 is 0 Å². The number of benzene rings is 1. The molecule has 1 saturated carbocycles. The van der Waals surface area contributed by atoms with Gasteiger partial charge in [-0.05, 0) is 48.6 Å². The SMILES string of the molecule is O=c1c2snc(-c3ccc(F)cc3)c2ncn1C1CC1. The van der Waals surface area contributed by atoms with Gasteiger partial charge in [-0.2, -0.15) is 4.37 Å². The Morgan fingerprint density at radius 3 is 2.70 bits per heavy atom. The van der Waals surface area contributed by atoms with Gasteiger partial charge < -0.3 is 0 Å². The van der Waals surface area contributed by atoms with Gasteiger partial charge in [-0.3, -0.25) is 9.36 Å². The summed E-state index contributed by atoms with van der Waals surface area (Å²) < 4.78 is 19.5. The zero-order valence-corrected chi connectivity index (χ0v) is 11.2. The summed E-state index contributed by atoms with van der Waals surface area (Å²) in [5, 5.41) is 0. The summed E-state index contributed by atoms with van der Waals surface area (Å²) in [5.41, 5.74) is 1.99. The molecule has 0 radical (unpaired) electrons. The predicted molar refractivity (Wildman–Crippen MR) is 75.3 cm³/mol. The monoisotopic (exact) mass is 287 g/mol. The molecule has 1 aromatic carbocycles. The topological polar surface area (TPSA) is 47.8 Å². The molecule has 4 rings (SSSR count). The molecule has 0 bridgehead atoms. The Balaban J connectivity index is 1.91. The zero-order chi connectivity index (χ0) is 13.7. The first-order chi connectivity index (χ1) is 9.74. The van der Waals surface area contributed by atoms with E-state index in [0.717, 1.165) is 29.9 Å². The fourth-order valence-electron chi connectivity index (χ4n) is 2.25. The van der Waals surface area contributed by atoms with Crippen LogP contribution < -0.4 is 5.56 Å². The van der Waals surface area contributed by atoms with Gasteiger partial charge in [0.15, 0.2) is 0 Å². The molecule has 0 aliphatic heterocycles. The van der Waals surface area contributed by atoms with E-state index in [1.165, 1.54) is 12.1 Å². The number of halogens is 1. The van der Waals surface area contributed by atoms with Crippen LogP contribution in [-0.2, 0) is 0 Å². The molecular weight excluding hydrogens is 277 g/mol. The van der Waals surface area contributed by atoms with Crippen molar-refractivity contribution in [2.75, 3.05) is 0 Å². The molecule has 100 valence electrons. The van der Waals surface area contributed by atoms with Gasteiger partial charge in [0.05, 0.1) is 6.33 Å². The fraction of sp³-hybridized carbons (Fsp3) is 0.214. The molecular formula is C14H10FN3OS. The number of fused-ring (bicyclic) bond motifs is 1. The van der Waals surface area contributed by atoms with Crippen LogP contribution in [-0.4, -0.2) is 13.9 Å². The third-order valence-electron chi connectivity index (χ3n) is 3.47. The van der Waals surface area contributed by atoms with Gasteiger partial charge in [0, 0.05) is 11.6 Å². The van der Waals surface area contributed by atoms with Crippen LogP contribution in [0.25, 0.3) is 21.5 Å². The highest BCUT2D eigenvalue weighted by atomic mass is 32.1.